The van der Waals surface area contributed by atoms with Gasteiger partial charge in [-0.3, -0.25) is 20.4 Å². The Hall–Kier alpha value is 0.389. The third-order valence-corrected chi connectivity index (χ3v) is 0. The quantitative estimate of drug-likeness (QED) is 0.274. The monoisotopic (exact) mass is 253 g/mol. The molecule has 6 heteroatoms. The first-order valence-electron chi connectivity index (χ1n) is 1.91. The molecule has 0 bridgehead atoms. The molecule has 0 aromatic rings. The van der Waals surface area contributed by atoms with Crippen molar-refractivity contribution in [2.24, 2.45) is 0 Å². The summed E-state index contributed by atoms with van der Waals surface area (Å²) in [5.41, 5.74) is 0. The molecule has 0 N–H and O–H groups in total. The van der Waals surface area contributed by atoms with Crippen molar-refractivity contribution < 1.29 is 31.5 Å². The number of rotatable bonds is 0. The molecule has 0 aliphatic carbocycles. The molecule has 0 saturated heterocycles. The largest absolute Gasteiger partial charge is 0.545 e. The second-order valence-electron chi connectivity index (χ2n) is 0.500. The van der Waals surface area contributed by atoms with E-state index in [9.17, 15) is 0 Å². The average molecular weight is 253 g/mol. The summed E-state index contributed by atoms with van der Waals surface area (Å²) < 4.78 is 0. The SMILES string of the molecule is P.P.[CH-]=O.[CH-]=O.[CH-]=O.[CH2-]CC.[Mn]. The predicted molar refractivity (Wildman–Crippen MR) is 58.1 cm³/mol. The van der Waals surface area contributed by atoms with Crippen LogP contribution in [0.1, 0.15) is 13.3 Å². The molecule has 2 unspecified atom stereocenters. The van der Waals surface area contributed by atoms with Crippen LogP contribution in [0.5, 0.6) is 0 Å². The van der Waals surface area contributed by atoms with E-state index < -0.39 is 0 Å². The van der Waals surface area contributed by atoms with Gasteiger partial charge in [-0.15, -0.1) is 0 Å². The maximum atomic E-state index is 7.75. The minimum atomic E-state index is 0. The van der Waals surface area contributed by atoms with Crippen LogP contribution < -0.4 is 0 Å². The fourth-order valence-corrected chi connectivity index (χ4v) is 0. The van der Waals surface area contributed by atoms with E-state index in [0.29, 0.717) is 0 Å². The van der Waals surface area contributed by atoms with Gasteiger partial charge in [-0.05, 0) is 0 Å². The first-order valence-corrected chi connectivity index (χ1v) is 1.91. The van der Waals surface area contributed by atoms with Crippen molar-refractivity contribution >= 4 is 40.2 Å². The maximum Gasteiger partial charge on any atom is 0 e. The molecule has 0 saturated carbocycles. The zero-order chi connectivity index (χ0) is 8.71. The Morgan fingerprint density at radius 3 is 0.917 bits per heavy atom. The van der Waals surface area contributed by atoms with Crippen molar-refractivity contribution in [2.75, 3.05) is 0 Å². The third-order valence-electron chi connectivity index (χ3n) is 0. The minimum absolute atomic E-state index is 0. The molecule has 0 aliphatic heterocycles. The van der Waals surface area contributed by atoms with Gasteiger partial charge in [0.15, 0.2) is 0 Å². The van der Waals surface area contributed by atoms with Crippen molar-refractivity contribution in [3.8, 4) is 0 Å². The number of hydrogen-bond acceptors (Lipinski definition) is 3. The van der Waals surface area contributed by atoms with Gasteiger partial charge in [0.1, 0.15) is 0 Å². The van der Waals surface area contributed by atoms with Crippen LogP contribution in [0.4, 0.5) is 0 Å². The van der Waals surface area contributed by atoms with Gasteiger partial charge >= 0.3 is 0 Å². The summed E-state index contributed by atoms with van der Waals surface area (Å²) in [6, 6.07) is 0. The summed E-state index contributed by atoms with van der Waals surface area (Å²) >= 11 is 0. The van der Waals surface area contributed by atoms with E-state index in [1.807, 2.05) is 6.92 Å². The number of hydrogen-bond donors (Lipinski definition) is 0. The molecule has 3 nitrogen and oxygen atoms in total. The molecule has 0 amide bonds. The molecule has 79 valence electrons. The third kappa shape index (κ3) is 6040. The first-order chi connectivity index (χ1) is 4.41. The Balaban J connectivity index is -0.00000000522. The van der Waals surface area contributed by atoms with E-state index in [1.54, 1.807) is 0 Å². The van der Waals surface area contributed by atoms with Crippen LogP contribution in [0.3, 0.4) is 0 Å². The normalized spacial score (nSPS) is 2.50. The van der Waals surface area contributed by atoms with Gasteiger partial charge in [0.05, 0.1) is 0 Å². The van der Waals surface area contributed by atoms with Gasteiger partial charge in [0.2, 0.25) is 0 Å². The van der Waals surface area contributed by atoms with Crippen molar-refractivity contribution in [3.63, 3.8) is 0 Å². The van der Waals surface area contributed by atoms with Gasteiger partial charge in [-0.2, -0.15) is 26.2 Å². The van der Waals surface area contributed by atoms with Gasteiger partial charge < -0.3 is 21.3 Å². The van der Waals surface area contributed by atoms with E-state index in [2.05, 4.69) is 27.3 Å². The Bertz CT molecular complexity index is 32.0. The standard InChI is InChI=1S/C3H7.3CHO.Mn.2H3P/c1-3-2;3*1-2;;;/h1,3H2,2H3;3*1H;;2*1H3/q4*-1;;;. The second-order valence-corrected chi connectivity index (χ2v) is 0.500. The molecule has 0 spiro atoms. The van der Waals surface area contributed by atoms with Crippen LogP contribution in [0.2, 0.25) is 0 Å². The Morgan fingerprint density at radius 1 is 0.917 bits per heavy atom. The van der Waals surface area contributed by atoms with E-state index >= 15 is 0 Å². The minimum Gasteiger partial charge on any atom is -0.545 e. The fraction of sp³-hybridized carbons (Fsp3) is 0.333. The molecular weight excluding hydrogens is 237 g/mol. The second kappa shape index (κ2) is 637. The molecule has 0 aromatic heterocycles. The van der Waals surface area contributed by atoms with E-state index in [-0.39, 0.29) is 36.9 Å². The van der Waals surface area contributed by atoms with Crippen LogP contribution in [0.15, 0.2) is 0 Å². The Kier molecular flexibility index (Phi) is 2940. The first kappa shape index (κ1) is 55.3. The van der Waals surface area contributed by atoms with Gasteiger partial charge in [-0.25, -0.2) is 0 Å². The van der Waals surface area contributed by atoms with Crippen LogP contribution in [-0.4, -0.2) is 20.4 Å². The van der Waals surface area contributed by atoms with Crippen LogP contribution in [0, 0.1) is 6.92 Å². The van der Waals surface area contributed by atoms with Gasteiger partial charge in [-0.1, -0.05) is 6.92 Å². The van der Waals surface area contributed by atoms with E-state index in [4.69, 9.17) is 14.4 Å². The van der Waals surface area contributed by atoms with Gasteiger partial charge in [0, 0.05) is 17.1 Å². The molecule has 0 rings (SSSR count). The summed E-state index contributed by atoms with van der Waals surface area (Å²) in [4.78, 5) is 23.2. The van der Waals surface area contributed by atoms with Crippen molar-refractivity contribution in [1.29, 1.82) is 0 Å². The zero-order valence-electron chi connectivity index (χ0n) is 7.16. The van der Waals surface area contributed by atoms with Crippen molar-refractivity contribution in [2.45, 2.75) is 13.3 Å². The summed E-state index contributed by atoms with van der Waals surface area (Å²) in [6.07, 6.45) is 1.00. The van der Waals surface area contributed by atoms with Crippen LogP contribution >= 0.6 is 19.8 Å². The average Bonchev–Trinajstić information content (AvgIpc) is 2.01. The predicted octanol–water partition coefficient (Wildman–Crippen LogP) is 0.522. The fourth-order valence-electron chi connectivity index (χ4n) is 0. The summed E-state index contributed by atoms with van der Waals surface area (Å²) in [5, 5.41) is 0. The van der Waals surface area contributed by atoms with Crippen molar-refractivity contribution in [1.82, 2.24) is 0 Å². The molecule has 1 radical (unpaired) electrons. The number of carbonyl (C=O) groups excluding carboxylic acids is 3. The molecule has 0 heterocycles. The molecule has 0 fully saturated rings. The molecule has 0 aliphatic rings. The zero-order valence-corrected chi connectivity index (χ0v) is 11.2. The Labute approximate surface area is 92.2 Å². The topological polar surface area (TPSA) is 51.2 Å². The Morgan fingerprint density at radius 2 is 0.917 bits per heavy atom. The van der Waals surface area contributed by atoms with Crippen LogP contribution in [0.25, 0.3) is 0 Å². The molecular formula is C6H16MnO3P2-4. The smallest absolute Gasteiger partial charge is 0 e. The van der Waals surface area contributed by atoms with Crippen molar-refractivity contribution in [3.05, 3.63) is 6.92 Å². The van der Waals surface area contributed by atoms with E-state index in [0.717, 1.165) is 6.42 Å². The molecule has 2 atom stereocenters. The molecule has 12 heavy (non-hydrogen) atoms. The summed E-state index contributed by atoms with van der Waals surface area (Å²) in [5.74, 6) is 0. The summed E-state index contributed by atoms with van der Waals surface area (Å²) in [7, 11) is 0. The summed E-state index contributed by atoms with van der Waals surface area (Å²) in [6.45, 7) is 15.2. The van der Waals surface area contributed by atoms with Gasteiger partial charge in [0.25, 0.3) is 0 Å². The molecule has 0 aromatic carbocycles. The van der Waals surface area contributed by atoms with Crippen LogP contribution in [-0.2, 0) is 31.5 Å². The maximum absolute atomic E-state index is 7.75. The van der Waals surface area contributed by atoms with E-state index in [1.165, 1.54) is 0 Å².